The van der Waals surface area contributed by atoms with Gasteiger partial charge in [0.15, 0.2) is 0 Å². The first kappa shape index (κ1) is 25.0. The van der Waals surface area contributed by atoms with Crippen molar-refractivity contribution < 1.29 is 4.79 Å². The fourth-order valence-corrected chi connectivity index (χ4v) is 4.88. The van der Waals surface area contributed by atoms with Crippen LogP contribution >= 0.6 is 23.2 Å². The van der Waals surface area contributed by atoms with Gasteiger partial charge in [0.1, 0.15) is 17.2 Å². The summed E-state index contributed by atoms with van der Waals surface area (Å²) in [6.07, 6.45) is 1.99. The van der Waals surface area contributed by atoms with E-state index in [0.717, 1.165) is 33.9 Å². The Kier molecular flexibility index (Phi) is 7.05. The molecule has 4 rings (SSSR count). The average molecular weight is 514 g/mol. The minimum Gasteiger partial charge on any atom is -0.402 e. The highest BCUT2D eigenvalue weighted by atomic mass is 35.5. The van der Waals surface area contributed by atoms with Gasteiger partial charge in [0.2, 0.25) is 5.91 Å². The summed E-state index contributed by atoms with van der Waals surface area (Å²) in [4.78, 5) is 18.9. The van der Waals surface area contributed by atoms with Crippen LogP contribution in [0.2, 0.25) is 10.0 Å². The van der Waals surface area contributed by atoms with Crippen molar-refractivity contribution in [2.24, 2.45) is 10.7 Å². The summed E-state index contributed by atoms with van der Waals surface area (Å²) in [5, 5.41) is 10.2. The molecule has 0 atom stereocenters. The van der Waals surface area contributed by atoms with E-state index in [9.17, 15) is 4.79 Å². The molecule has 35 heavy (non-hydrogen) atoms. The molecule has 3 heterocycles. The summed E-state index contributed by atoms with van der Waals surface area (Å²) in [6, 6.07) is 7.77. The zero-order valence-electron chi connectivity index (χ0n) is 20.5. The van der Waals surface area contributed by atoms with Gasteiger partial charge in [-0.25, -0.2) is 4.68 Å². The molecule has 10 heteroatoms. The number of carbonyl (C=O) groups is 1. The van der Waals surface area contributed by atoms with Crippen LogP contribution in [0.1, 0.15) is 51.3 Å². The number of halogens is 2. The number of aromatic nitrogens is 4. The number of carbonyl (C=O) groups excluding carboxylic acids is 1. The van der Waals surface area contributed by atoms with E-state index in [1.165, 1.54) is 0 Å². The maximum atomic E-state index is 12.9. The van der Waals surface area contributed by atoms with E-state index in [-0.39, 0.29) is 11.9 Å². The van der Waals surface area contributed by atoms with E-state index in [2.05, 4.69) is 10.1 Å². The highest BCUT2D eigenvalue weighted by molar-refractivity contribution is 6.35. The quantitative estimate of drug-likeness (QED) is 0.449. The summed E-state index contributed by atoms with van der Waals surface area (Å²) in [5.74, 6) is 0.747. The monoisotopic (exact) mass is 513 g/mol. The Labute approximate surface area is 215 Å². The van der Waals surface area contributed by atoms with Gasteiger partial charge in [-0.05, 0) is 39.3 Å². The first-order valence-corrected chi connectivity index (χ1v) is 12.2. The van der Waals surface area contributed by atoms with Gasteiger partial charge in [-0.2, -0.15) is 10.2 Å². The Morgan fingerprint density at radius 3 is 2.57 bits per heavy atom. The van der Waals surface area contributed by atoms with Crippen molar-refractivity contribution in [2.45, 2.75) is 53.2 Å². The van der Waals surface area contributed by atoms with E-state index in [1.54, 1.807) is 18.1 Å². The first-order chi connectivity index (χ1) is 16.6. The largest absolute Gasteiger partial charge is 0.402 e. The summed E-state index contributed by atoms with van der Waals surface area (Å²) in [5.41, 5.74) is 11.5. The van der Waals surface area contributed by atoms with E-state index in [4.69, 9.17) is 34.0 Å². The van der Waals surface area contributed by atoms with Gasteiger partial charge >= 0.3 is 0 Å². The molecule has 0 spiro atoms. The van der Waals surface area contributed by atoms with Crippen LogP contribution in [0.4, 0.5) is 5.82 Å². The highest BCUT2D eigenvalue weighted by Crippen LogP contribution is 2.34. The summed E-state index contributed by atoms with van der Waals surface area (Å²) in [6.45, 7) is 8.68. The van der Waals surface area contributed by atoms with Crippen molar-refractivity contribution in [3.05, 3.63) is 57.3 Å². The predicted molar refractivity (Wildman–Crippen MR) is 142 cm³/mol. The van der Waals surface area contributed by atoms with Crippen LogP contribution in [0.5, 0.6) is 0 Å². The molecule has 0 radical (unpaired) electrons. The minimum atomic E-state index is 0.0277. The molecule has 1 aliphatic rings. The van der Waals surface area contributed by atoms with E-state index in [0.29, 0.717) is 40.9 Å². The second kappa shape index (κ2) is 9.87. The van der Waals surface area contributed by atoms with Crippen LogP contribution < -0.4 is 10.6 Å². The number of allylic oxidation sites excluding steroid dienone is 2. The molecule has 2 N–H and O–H groups in total. The normalized spacial score (nSPS) is 15.0. The summed E-state index contributed by atoms with van der Waals surface area (Å²) < 4.78 is 3.69. The maximum Gasteiger partial charge on any atom is 0.230 e. The molecule has 0 unspecified atom stereocenters. The zero-order chi connectivity index (χ0) is 25.4. The number of nitrogens with two attached hydrogens (primary N) is 1. The van der Waals surface area contributed by atoms with E-state index >= 15 is 0 Å². The van der Waals surface area contributed by atoms with Gasteiger partial charge in [0, 0.05) is 53.1 Å². The smallest absolute Gasteiger partial charge is 0.230 e. The molecule has 2 aromatic heterocycles. The van der Waals surface area contributed by atoms with Crippen LogP contribution in [0.25, 0.3) is 17.0 Å². The number of hydrogen-bond donors (Lipinski definition) is 1. The third-order valence-corrected chi connectivity index (χ3v) is 6.68. The summed E-state index contributed by atoms with van der Waals surface area (Å²) in [7, 11) is 1.72. The molecule has 0 fully saturated rings. The number of nitrogens with zero attached hydrogens (tertiary/aromatic N) is 6. The molecule has 1 aromatic carbocycles. The van der Waals surface area contributed by atoms with Crippen molar-refractivity contribution in [3.8, 4) is 11.4 Å². The zero-order valence-corrected chi connectivity index (χ0v) is 22.0. The number of fused-ring (bicyclic) bond motifs is 1. The van der Waals surface area contributed by atoms with Crippen molar-refractivity contribution in [2.75, 3.05) is 11.9 Å². The Hall–Kier alpha value is -3.10. The van der Waals surface area contributed by atoms with E-state index < -0.39 is 0 Å². The van der Waals surface area contributed by atoms with Crippen LogP contribution in [-0.2, 0) is 17.9 Å². The van der Waals surface area contributed by atoms with Crippen molar-refractivity contribution in [1.82, 2.24) is 19.6 Å². The fraction of sp³-hybridized carbons (Fsp3) is 0.360. The van der Waals surface area contributed by atoms with Gasteiger partial charge in [-0.15, -0.1) is 0 Å². The highest BCUT2D eigenvalue weighted by Gasteiger charge is 2.28. The molecule has 0 bridgehead atoms. The third-order valence-electron chi connectivity index (χ3n) is 6.09. The number of rotatable bonds is 6. The van der Waals surface area contributed by atoms with Crippen LogP contribution in [0, 0.1) is 0 Å². The maximum absolute atomic E-state index is 12.9. The lowest BCUT2D eigenvalue weighted by Crippen LogP contribution is -2.36. The fourth-order valence-electron chi connectivity index (χ4n) is 4.36. The van der Waals surface area contributed by atoms with Gasteiger partial charge in [0.25, 0.3) is 0 Å². The van der Waals surface area contributed by atoms with Crippen molar-refractivity contribution in [1.29, 1.82) is 0 Å². The minimum absolute atomic E-state index is 0.0277. The number of hydrogen-bond acceptors (Lipinski definition) is 5. The molecular formula is C25H29Cl2N7O. The Balaban J connectivity index is 1.69. The molecule has 0 saturated heterocycles. The van der Waals surface area contributed by atoms with Gasteiger partial charge in [-0.1, -0.05) is 35.3 Å². The van der Waals surface area contributed by atoms with Crippen LogP contribution in [-0.4, -0.2) is 38.2 Å². The molecule has 1 aliphatic heterocycles. The lowest BCUT2D eigenvalue weighted by Gasteiger charge is -2.27. The number of amides is 1. The molecule has 8 nitrogen and oxygen atoms in total. The Bertz CT molecular complexity index is 1350. The topological polar surface area (TPSA) is 94.3 Å². The predicted octanol–water partition coefficient (Wildman–Crippen LogP) is 5.35. The van der Waals surface area contributed by atoms with Crippen molar-refractivity contribution in [3.63, 3.8) is 0 Å². The lowest BCUT2D eigenvalue weighted by molar-refractivity contribution is -0.119. The molecule has 184 valence electrons. The van der Waals surface area contributed by atoms with Gasteiger partial charge < -0.3 is 5.73 Å². The second-order valence-electron chi connectivity index (χ2n) is 8.90. The first-order valence-electron chi connectivity index (χ1n) is 11.4. The average Bonchev–Trinajstić information content (AvgIpc) is 3.40. The van der Waals surface area contributed by atoms with Gasteiger partial charge in [-0.3, -0.25) is 19.4 Å². The van der Waals surface area contributed by atoms with E-state index in [1.807, 2.05) is 61.3 Å². The molecular weight excluding hydrogens is 485 g/mol. The van der Waals surface area contributed by atoms with Gasteiger partial charge in [0.05, 0.1) is 24.3 Å². The Morgan fingerprint density at radius 1 is 1.20 bits per heavy atom. The van der Waals surface area contributed by atoms with Crippen LogP contribution in [0.3, 0.4) is 0 Å². The lowest BCUT2D eigenvalue weighted by atomic mass is 9.98. The number of anilines is 1. The standard InChI is InChI=1S/C25H29Cl2N7O/c1-14(2)34-25(20(27)12-30-34)21-11-22-32(23(35)8-9-33(22)31-21)13-17-6-7-18(19(26)10-17)24(15(3)28)16(4)29-5/h6-7,10-12,14H,8-9,13,28H2,1-5H3/b24-15+,29-16?. The van der Waals surface area contributed by atoms with Crippen LogP contribution in [0.15, 0.2) is 41.2 Å². The van der Waals surface area contributed by atoms with Crippen molar-refractivity contribution >= 4 is 46.2 Å². The Morgan fingerprint density at radius 2 is 1.94 bits per heavy atom. The number of benzene rings is 1. The third kappa shape index (κ3) is 4.73. The summed E-state index contributed by atoms with van der Waals surface area (Å²) >= 11 is 13.1. The number of aryl methyl sites for hydroxylation is 1. The molecule has 3 aromatic rings. The number of aliphatic imine (C=N–C) groups is 1. The SMILES string of the molecule is CN=C(C)/C(=C(/C)N)c1ccc(CN2C(=O)CCn3nc(-c4c(Cl)cnn4C(C)C)cc32)cc1Cl. The molecule has 0 saturated carbocycles. The molecule has 0 aliphatic carbocycles. The molecule has 1 amide bonds. The second-order valence-corrected chi connectivity index (χ2v) is 9.72.